The maximum atomic E-state index is 12.1. The predicted octanol–water partition coefficient (Wildman–Crippen LogP) is 1.95. The van der Waals surface area contributed by atoms with Crippen molar-refractivity contribution in [2.75, 3.05) is 13.1 Å². The zero-order valence-electron chi connectivity index (χ0n) is 13.0. The van der Waals surface area contributed by atoms with Gasteiger partial charge in [-0.1, -0.05) is 17.7 Å². The zero-order chi connectivity index (χ0) is 15.5. The summed E-state index contributed by atoms with van der Waals surface area (Å²) >= 11 is 0. The molecule has 5 nitrogen and oxygen atoms in total. The molecule has 116 valence electrons. The molecule has 1 aliphatic rings. The average Bonchev–Trinajstić information content (AvgIpc) is 2.87. The number of hydrogen-bond donors (Lipinski definition) is 0. The van der Waals surface area contributed by atoms with Crippen molar-refractivity contribution < 1.29 is 9.53 Å². The second-order valence-electron chi connectivity index (χ2n) is 5.80. The van der Waals surface area contributed by atoms with Crippen LogP contribution in [0.25, 0.3) is 0 Å². The smallest absolute Gasteiger partial charge is 0.223 e. The Hall–Kier alpha value is -2.30. The van der Waals surface area contributed by atoms with Crippen molar-refractivity contribution in [3.8, 4) is 5.75 Å². The van der Waals surface area contributed by atoms with E-state index in [0.29, 0.717) is 19.5 Å². The number of ether oxygens (including phenoxy) is 1. The van der Waals surface area contributed by atoms with Crippen LogP contribution in [-0.2, 0) is 18.3 Å². The van der Waals surface area contributed by atoms with E-state index in [4.69, 9.17) is 4.74 Å². The van der Waals surface area contributed by atoms with E-state index in [2.05, 4.69) is 12.0 Å². The van der Waals surface area contributed by atoms with Gasteiger partial charge in [-0.2, -0.15) is 5.10 Å². The first-order chi connectivity index (χ1) is 10.6. The second kappa shape index (κ2) is 6.22. The number of aryl methyl sites for hydroxylation is 3. The molecule has 2 aromatic rings. The summed E-state index contributed by atoms with van der Waals surface area (Å²) in [7, 11) is 1.90. The number of carbonyl (C=O) groups is 1. The molecule has 1 aliphatic heterocycles. The van der Waals surface area contributed by atoms with E-state index in [1.807, 2.05) is 47.0 Å². The van der Waals surface area contributed by atoms with Crippen LogP contribution >= 0.6 is 0 Å². The van der Waals surface area contributed by atoms with Crippen molar-refractivity contribution in [3.05, 3.63) is 47.8 Å². The molecule has 0 spiro atoms. The molecule has 0 bridgehead atoms. The molecule has 1 saturated heterocycles. The minimum atomic E-state index is 0.114. The predicted molar refractivity (Wildman–Crippen MR) is 83.7 cm³/mol. The molecule has 1 aromatic heterocycles. The molecule has 5 heteroatoms. The van der Waals surface area contributed by atoms with E-state index in [9.17, 15) is 4.79 Å². The SMILES string of the molecule is Cc1ccc(OC2CN(C(=O)CCc3ccnn3C)C2)cc1. The first-order valence-corrected chi connectivity index (χ1v) is 7.60. The number of nitrogens with zero attached hydrogens (tertiary/aromatic N) is 3. The molecule has 0 unspecified atom stereocenters. The molecule has 0 N–H and O–H groups in total. The van der Waals surface area contributed by atoms with Gasteiger partial charge in [-0.3, -0.25) is 9.48 Å². The van der Waals surface area contributed by atoms with Crippen LogP contribution in [0.2, 0.25) is 0 Å². The van der Waals surface area contributed by atoms with Crippen LogP contribution in [0.4, 0.5) is 0 Å². The Balaban J connectivity index is 1.42. The standard InChI is InChI=1S/C17H21N3O2/c1-13-3-6-15(7-4-13)22-16-11-20(12-16)17(21)8-5-14-9-10-18-19(14)2/h3-4,6-7,9-10,16H,5,8,11-12H2,1-2H3. The molecular weight excluding hydrogens is 278 g/mol. The number of benzene rings is 1. The van der Waals surface area contributed by atoms with Gasteiger partial charge < -0.3 is 9.64 Å². The zero-order valence-corrected chi connectivity index (χ0v) is 13.0. The third-order valence-electron chi connectivity index (χ3n) is 4.04. The molecular formula is C17H21N3O2. The van der Waals surface area contributed by atoms with E-state index in [1.165, 1.54) is 5.56 Å². The van der Waals surface area contributed by atoms with Crippen LogP contribution in [-0.4, -0.2) is 39.8 Å². The van der Waals surface area contributed by atoms with Gasteiger partial charge in [0.15, 0.2) is 0 Å². The normalized spacial score (nSPS) is 14.7. The highest BCUT2D eigenvalue weighted by atomic mass is 16.5. The minimum Gasteiger partial charge on any atom is -0.487 e. The fourth-order valence-electron chi connectivity index (χ4n) is 2.57. The van der Waals surface area contributed by atoms with Crippen molar-refractivity contribution >= 4 is 5.91 Å². The van der Waals surface area contributed by atoms with Gasteiger partial charge >= 0.3 is 0 Å². The summed E-state index contributed by atoms with van der Waals surface area (Å²) in [6.07, 6.45) is 3.13. The van der Waals surface area contributed by atoms with E-state index < -0.39 is 0 Å². The van der Waals surface area contributed by atoms with Crippen LogP contribution in [0.5, 0.6) is 5.75 Å². The molecule has 0 aliphatic carbocycles. The Kier molecular flexibility index (Phi) is 4.13. The third-order valence-corrected chi connectivity index (χ3v) is 4.04. The molecule has 1 aromatic carbocycles. The summed E-state index contributed by atoms with van der Waals surface area (Å²) in [4.78, 5) is 14.0. The minimum absolute atomic E-state index is 0.114. The molecule has 0 radical (unpaired) electrons. The lowest BCUT2D eigenvalue weighted by Gasteiger charge is -2.39. The lowest BCUT2D eigenvalue weighted by Crippen LogP contribution is -2.56. The summed E-state index contributed by atoms with van der Waals surface area (Å²) < 4.78 is 7.66. The summed E-state index contributed by atoms with van der Waals surface area (Å²) in [5, 5.41) is 4.11. The quantitative estimate of drug-likeness (QED) is 0.848. The average molecular weight is 299 g/mol. The van der Waals surface area contributed by atoms with Crippen molar-refractivity contribution in [1.82, 2.24) is 14.7 Å². The number of hydrogen-bond acceptors (Lipinski definition) is 3. The maximum Gasteiger partial charge on any atom is 0.223 e. The summed E-state index contributed by atoms with van der Waals surface area (Å²) in [6, 6.07) is 9.97. The van der Waals surface area contributed by atoms with Crippen LogP contribution < -0.4 is 4.74 Å². The highest BCUT2D eigenvalue weighted by Gasteiger charge is 2.31. The van der Waals surface area contributed by atoms with Crippen LogP contribution in [0.15, 0.2) is 36.5 Å². The fourth-order valence-corrected chi connectivity index (χ4v) is 2.57. The van der Waals surface area contributed by atoms with Gasteiger partial charge in [-0.25, -0.2) is 0 Å². The van der Waals surface area contributed by atoms with Crippen molar-refractivity contribution in [3.63, 3.8) is 0 Å². The Morgan fingerprint density at radius 1 is 1.27 bits per heavy atom. The van der Waals surface area contributed by atoms with Crippen LogP contribution in [0, 0.1) is 6.92 Å². The Labute approximate surface area is 130 Å². The van der Waals surface area contributed by atoms with Crippen LogP contribution in [0.3, 0.4) is 0 Å². The van der Waals surface area contributed by atoms with E-state index in [-0.39, 0.29) is 12.0 Å². The Morgan fingerprint density at radius 2 is 2.00 bits per heavy atom. The molecule has 1 fully saturated rings. The number of aromatic nitrogens is 2. The summed E-state index contributed by atoms with van der Waals surface area (Å²) in [5.74, 6) is 1.06. The van der Waals surface area contributed by atoms with Crippen molar-refractivity contribution in [1.29, 1.82) is 0 Å². The first kappa shape index (κ1) is 14.6. The largest absolute Gasteiger partial charge is 0.487 e. The van der Waals surface area contributed by atoms with E-state index in [1.54, 1.807) is 6.20 Å². The Morgan fingerprint density at radius 3 is 2.64 bits per heavy atom. The van der Waals surface area contributed by atoms with Gasteiger partial charge in [0.1, 0.15) is 11.9 Å². The van der Waals surface area contributed by atoms with Gasteiger partial charge in [-0.05, 0) is 31.5 Å². The number of rotatable bonds is 5. The molecule has 1 amide bonds. The molecule has 3 rings (SSSR count). The van der Waals surface area contributed by atoms with Gasteiger partial charge in [0.05, 0.1) is 13.1 Å². The summed E-state index contributed by atoms with van der Waals surface area (Å²) in [6.45, 7) is 3.41. The highest BCUT2D eigenvalue weighted by molar-refractivity contribution is 5.77. The molecule has 2 heterocycles. The number of likely N-dealkylation sites (tertiary alicyclic amines) is 1. The molecule has 0 atom stereocenters. The number of amides is 1. The molecule has 0 saturated carbocycles. The lowest BCUT2D eigenvalue weighted by molar-refractivity contribution is -0.139. The van der Waals surface area contributed by atoms with E-state index >= 15 is 0 Å². The van der Waals surface area contributed by atoms with Gasteiger partial charge in [0, 0.05) is 25.4 Å². The maximum absolute atomic E-state index is 12.1. The van der Waals surface area contributed by atoms with Crippen molar-refractivity contribution in [2.24, 2.45) is 7.05 Å². The number of carbonyl (C=O) groups excluding carboxylic acids is 1. The van der Waals surface area contributed by atoms with Gasteiger partial charge in [-0.15, -0.1) is 0 Å². The van der Waals surface area contributed by atoms with Crippen molar-refractivity contribution in [2.45, 2.75) is 25.9 Å². The molecule has 22 heavy (non-hydrogen) atoms. The summed E-state index contributed by atoms with van der Waals surface area (Å²) in [5.41, 5.74) is 2.30. The third kappa shape index (κ3) is 3.30. The highest BCUT2D eigenvalue weighted by Crippen LogP contribution is 2.19. The van der Waals surface area contributed by atoms with Crippen LogP contribution in [0.1, 0.15) is 17.7 Å². The topological polar surface area (TPSA) is 47.4 Å². The first-order valence-electron chi connectivity index (χ1n) is 7.60. The Bertz CT molecular complexity index is 642. The monoisotopic (exact) mass is 299 g/mol. The van der Waals surface area contributed by atoms with E-state index in [0.717, 1.165) is 17.9 Å². The van der Waals surface area contributed by atoms with Gasteiger partial charge in [0.2, 0.25) is 5.91 Å². The lowest BCUT2D eigenvalue weighted by atomic mass is 10.1. The fraction of sp³-hybridized carbons (Fsp3) is 0.412. The second-order valence-corrected chi connectivity index (χ2v) is 5.80. The van der Waals surface area contributed by atoms with Gasteiger partial charge in [0.25, 0.3) is 0 Å².